The van der Waals surface area contributed by atoms with Crippen molar-refractivity contribution in [2.24, 2.45) is 0 Å². The molecule has 4 heterocycles. The van der Waals surface area contributed by atoms with Gasteiger partial charge in [0.15, 0.2) is 0 Å². The lowest BCUT2D eigenvalue weighted by atomic mass is 9.85. The number of nitrogen functional groups attached to an aromatic ring is 1. The normalized spacial score (nSPS) is 16.4. The maximum Gasteiger partial charge on any atom is 0.225 e. The van der Waals surface area contributed by atoms with Gasteiger partial charge in [0.2, 0.25) is 5.95 Å². The highest BCUT2D eigenvalue weighted by molar-refractivity contribution is 7.28. The highest BCUT2D eigenvalue weighted by Gasteiger charge is 2.31. The second kappa shape index (κ2) is 16.5. The monoisotopic (exact) mass is 679 g/mol. The molecular weight excluding hydrogens is 628 g/mol. The topological polar surface area (TPSA) is 108 Å². The molecule has 2 aliphatic heterocycles. The smallest absolute Gasteiger partial charge is 0.225 e. The summed E-state index contributed by atoms with van der Waals surface area (Å²) in [5, 5.41) is 22.0. The van der Waals surface area contributed by atoms with E-state index in [2.05, 4.69) is 41.0 Å². The van der Waals surface area contributed by atoms with Crippen molar-refractivity contribution >= 4 is 59.1 Å². The Morgan fingerprint density at radius 2 is 1.87 bits per heavy atom. The lowest BCUT2D eigenvalue weighted by Gasteiger charge is -2.22. The number of allylic oxidation sites excluding steroid dienone is 2. The Morgan fingerprint density at radius 3 is 2.49 bits per heavy atom. The predicted molar refractivity (Wildman–Crippen MR) is 199 cm³/mol. The Hall–Kier alpha value is -2.89. The third-order valence-electron chi connectivity index (χ3n) is 9.26. The van der Waals surface area contributed by atoms with E-state index in [1.165, 1.54) is 25.3 Å². The maximum absolute atomic E-state index is 15.2. The van der Waals surface area contributed by atoms with E-state index in [0.29, 0.717) is 34.2 Å². The average molecular weight is 680 g/mol. The summed E-state index contributed by atoms with van der Waals surface area (Å²) < 4.78 is 21.1. The van der Waals surface area contributed by atoms with E-state index in [-0.39, 0.29) is 5.83 Å². The summed E-state index contributed by atoms with van der Waals surface area (Å²) in [6.07, 6.45) is 13.0. The van der Waals surface area contributed by atoms with Crippen LogP contribution in [-0.4, -0.2) is 33.8 Å². The summed E-state index contributed by atoms with van der Waals surface area (Å²) in [6.45, 7) is 14.8. The number of aliphatic hydroxyl groups is 1. The number of aromatic nitrogens is 2. The molecule has 254 valence electrons. The van der Waals surface area contributed by atoms with Gasteiger partial charge >= 0.3 is 0 Å². The van der Waals surface area contributed by atoms with Crippen LogP contribution in [0, 0.1) is 11.3 Å². The lowest BCUT2D eigenvalue weighted by Crippen LogP contribution is -2.23. The second-order valence-corrected chi connectivity index (χ2v) is 14.5. The van der Waals surface area contributed by atoms with E-state index in [9.17, 15) is 10.4 Å². The molecule has 0 amide bonds. The van der Waals surface area contributed by atoms with Crippen molar-refractivity contribution < 1.29 is 14.2 Å². The van der Waals surface area contributed by atoms with Crippen LogP contribution in [0.25, 0.3) is 22.3 Å². The predicted octanol–water partition coefficient (Wildman–Crippen LogP) is 8.96. The van der Waals surface area contributed by atoms with Crippen molar-refractivity contribution in [3.05, 3.63) is 50.5 Å². The summed E-state index contributed by atoms with van der Waals surface area (Å²) >= 11 is 1.12. The van der Waals surface area contributed by atoms with Gasteiger partial charge in [0.05, 0.1) is 34.8 Å². The first kappa shape index (κ1) is 36.9. The van der Waals surface area contributed by atoms with E-state index >= 15 is 4.39 Å². The minimum Gasteiger partial charge on any atom is -0.390 e. The van der Waals surface area contributed by atoms with Crippen molar-refractivity contribution in [2.75, 3.05) is 23.7 Å². The van der Waals surface area contributed by atoms with Gasteiger partial charge in [-0.3, -0.25) is 0 Å². The molecule has 2 unspecified atom stereocenters. The first-order chi connectivity index (χ1) is 22.5. The summed E-state index contributed by atoms with van der Waals surface area (Å²) in [5.41, 5.74) is 12.5. The molecule has 10 heteroatoms. The van der Waals surface area contributed by atoms with Gasteiger partial charge in [-0.1, -0.05) is 58.1 Å². The molecule has 7 nitrogen and oxygen atoms in total. The van der Waals surface area contributed by atoms with E-state index in [1.807, 2.05) is 20.0 Å². The highest BCUT2D eigenvalue weighted by atomic mass is 32.1. The fourth-order valence-corrected chi connectivity index (χ4v) is 8.10. The molecule has 5 rings (SSSR count). The van der Waals surface area contributed by atoms with Gasteiger partial charge in [-0.05, 0) is 75.1 Å². The van der Waals surface area contributed by atoms with Crippen LogP contribution in [0.5, 0.6) is 0 Å². The number of fused-ring (bicyclic) bond motifs is 3. The molecule has 0 saturated carbocycles. The van der Waals surface area contributed by atoms with Crippen LogP contribution in [0.1, 0.15) is 132 Å². The third kappa shape index (κ3) is 8.05. The Kier molecular flexibility index (Phi) is 13.0. The zero-order chi connectivity index (χ0) is 34.3. The third-order valence-corrected chi connectivity index (χ3v) is 10.8. The van der Waals surface area contributed by atoms with Gasteiger partial charge in [0.1, 0.15) is 16.9 Å². The molecule has 3 N–H and O–H groups in total. The van der Waals surface area contributed by atoms with Gasteiger partial charge in [-0.15, -0.1) is 20.6 Å². The average Bonchev–Trinajstić information content (AvgIpc) is 3.83. The molecule has 2 aromatic heterocycles. The Labute approximate surface area is 286 Å². The molecule has 2 atom stereocenters. The number of hydrogen-bond donors (Lipinski definition) is 2. The Morgan fingerprint density at radius 1 is 1.17 bits per heavy atom. The molecule has 2 aliphatic rings. The lowest BCUT2D eigenvalue weighted by molar-refractivity contribution is 0.0387. The number of nitrogens with two attached hydrogens (primary N) is 1. The minimum atomic E-state index is -0.399. The summed E-state index contributed by atoms with van der Waals surface area (Å²) in [7, 11) is 2.87. The van der Waals surface area contributed by atoms with Crippen molar-refractivity contribution in [2.45, 2.75) is 118 Å². The Bertz CT molecular complexity index is 1680. The van der Waals surface area contributed by atoms with Gasteiger partial charge in [-0.25, -0.2) is 14.4 Å². The number of ether oxygens (including phenoxy) is 1. The number of unbranched alkanes of at least 4 members (excludes halogenated alkanes) is 2. The van der Waals surface area contributed by atoms with Crippen LogP contribution in [-0.2, 0) is 18.0 Å². The molecule has 1 fully saturated rings. The van der Waals surface area contributed by atoms with E-state index in [4.69, 9.17) is 20.4 Å². The number of anilines is 2. The maximum atomic E-state index is 15.2. The van der Waals surface area contributed by atoms with Gasteiger partial charge < -0.3 is 20.5 Å². The number of hydrogen-bond acceptors (Lipinski definition) is 8. The van der Waals surface area contributed by atoms with Crippen LogP contribution in [0.15, 0.2) is 17.8 Å². The van der Waals surface area contributed by atoms with E-state index < -0.39 is 5.60 Å². The number of halogens is 1. The summed E-state index contributed by atoms with van der Waals surface area (Å²) in [5.74, 6) is 0.339. The SMILES string of the molecule is C/C=C(/F)c1sc(N)c(C#N)c1/C(=C(\C)CC)c1c2c(c3cnc(N4CCCC4)nc3c1P)COC2.CCCCCC(C)(O)CCC. The number of thiophene rings is 1. The molecule has 47 heavy (non-hydrogen) atoms. The van der Waals surface area contributed by atoms with Crippen LogP contribution in [0.2, 0.25) is 0 Å². The van der Waals surface area contributed by atoms with E-state index in [1.54, 1.807) is 6.92 Å². The van der Waals surface area contributed by atoms with Crippen LogP contribution >= 0.6 is 20.6 Å². The fraction of sp³-hybridized carbons (Fsp3) is 0.541. The molecule has 0 spiro atoms. The first-order valence-corrected chi connectivity index (χ1v) is 18.4. The van der Waals surface area contributed by atoms with Crippen molar-refractivity contribution in [3.8, 4) is 6.07 Å². The van der Waals surface area contributed by atoms with Crippen molar-refractivity contribution in [1.82, 2.24) is 9.97 Å². The molecule has 0 aliphatic carbocycles. The van der Waals surface area contributed by atoms with Gasteiger partial charge in [0, 0.05) is 35.5 Å². The van der Waals surface area contributed by atoms with Gasteiger partial charge in [0.25, 0.3) is 0 Å². The van der Waals surface area contributed by atoms with Crippen LogP contribution in [0.3, 0.4) is 0 Å². The Balaban J connectivity index is 0.000000391. The summed E-state index contributed by atoms with van der Waals surface area (Å²) in [4.78, 5) is 12.3. The summed E-state index contributed by atoms with van der Waals surface area (Å²) in [6, 6.07) is 2.25. The number of nitriles is 1. The number of nitrogens with zero attached hydrogens (tertiary/aromatic N) is 4. The molecule has 0 radical (unpaired) electrons. The van der Waals surface area contributed by atoms with Gasteiger partial charge in [-0.2, -0.15) is 5.26 Å². The second-order valence-electron chi connectivity index (χ2n) is 12.9. The number of benzene rings is 1. The van der Waals surface area contributed by atoms with Crippen LogP contribution in [0.4, 0.5) is 15.3 Å². The minimum absolute atomic E-state index is 0.312. The van der Waals surface area contributed by atoms with Crippen LogP contribution < -0.4 is 15.9 Å². The zero-order valence-electron chi connectivity index (χ0n) is 28.9. The largest absolute Gasteiger partial charge is 0.390 e. The number of rotatable bonds is 11. The first-order valence-electron chi connectivity index (χ1n) is 17.0. The molecular formula is C37H51FN5O2PS. The zero-order valence-corrected chi connectivity index (χ0v) is 30.9. The molecule has 0 bridgehead atoms. The molecule has 3 aromatic rings. The quantitative estimate of drug-likeness (QED) is 0.154. The standard InChI is InChI=1S/C27H29FN5OPS.C10H22O/c1-4-14(3)20(22-15(10-29)26(30)36-25(22)19(28)5-2)21-18-13-34-12-17(18)16-11-31-27(32-23(16)24(21)35)33-8-6-7-9-33;1-4-6-7-9-10(3,11)8-5-2/h5,11H,4,6-9,12-13,30,35H2,1-3H3;11H,4-9H2,1-3H3/b19-5+,20-14+;. The van der Waals surface area contributed by atoms with Crippen molar-refractivity contribution in [1.29, 1.82) is 5.26 Å². The molecule has 1 saturated heterocycles. The molecule has 1 aromatic carbocycles. The fourth-order valence-electron chi connectivity index (χ4n) is 6.57. The van der Waals surface area contributed by atoms with E-state index in [0.717, 1.165) is 113 Å². The highest BCUT2D eigenvalue weighted by Crippen LogP contribution is 2.46. The van der Waals surface area contributed by atoms with Crippen molar-refractivity contribution in [3.63, 3.8) is 0 Å².